The third kappa shape index (κ3) is 5.04. The van der Waals surface area contributed by atoms with Crippen molar-refractivity contribution in [2.45, 2.75) is 30.8 Å². The van der Waals surface area contributed by atoms with Gasteiger partial charge >= 0.3 is 18.1 Å². The van der Waals surface area contributed by atoms with Crippen LogP contribution in [0.1, 0.15) is 36.0 Å². The second-order valence-corrected chi connectivity index (χ2v) is 7.61. The summed E-state index contributed by atoms with van der Waals surface area (Å²) in [6, 6.07) is 4.22. The first-order chi connectivity index (χ1) is 12.6. The zero-order valence-corrected chi connectivity index (χ0v) is 15.3. The Morgan fingerprint density at radius 2 is 1.85 bits per heavy atom. The van der Waals surface area contributed by atoms with Gasteiger partial charge in [-0.25, -0.2) is 12.7 Å². The van der Waals surface area contributed by atoms with Crippen LogP contribution in [0.5, 0.6) is 0 Å². The zero-order valence-electron chi connectivity index (χ0n) is 14.4. The minimum atomic E-state index is -4.82. The summed E-state index contributed by atoms with van der Waals surface area (Å²) < 4.78 is 67.5. The number of rotatable bonds is 7. The number of alkyl halides is 3. The first-order valence-corrected chi connectivity index (χ1v) is 9.28. The van der Waals surface area contributed by atoms with Gasteiger partial charge in [-0.1, -0.05) is 18.4 Å². The van der Waals surface area contributed by atoms with Gasteiger partial charge < -0.3 is 4.42 Å². The van der Waals surface area contributed by atoms with E-state index < -0.39 is 34.0 Å². The third-order valence-electron chi connectivity index (χ3n) is 3.54. The van der Waals surface area contributed by atoms with Gasteiger partial charge in [0.1, 0.15) is 0 Å². The molecular weight excluding hydrogens is 389 g/mol. The molecule has 0 saturated carbocycles. The van der Waals surface area contributed by atoms with E-state index in [1.54, 1.807) is 0 Å². The fourth-order valence-corrected chi connectivity index (χ4v) is 3.23. The molecule has 0 fully saturated rings. The number of hydrogen-bond donors (Lipinski definition) is 1. The third-order valence-corrected chi connectivity index (χ3v) is 5.41. The number of halogens is 3. The molecule has 0 spiro atoms. The summed E-state index contributed by atoms with van der Waals surface area (Å²) in [6.07, 6.45) is -3.28. The van der Waals surface area contributed by atoms with E-state index >= 15 is 0 Å². The number of carbonyl (C=O) groups excluding carboxylic acids is 1. The Morgan fingerprint density at radius 3 is 2.37 bits per heavy atom. The SMILES string of the molecule is CCCCN(C)S(=O)(=O)c1ccc(C(=O)Nc2nnc(C(F)(F)F)o2)cc1. The molecule has 2 aromatic rings. The molecule has 0 aliphatic rings. The Morgan fingerprint density at radius 1 is 1.22 bits per heavy atom. The maximum Gasteiger partial charge on any atom is 0.470 e. The minimum absolute atomic E-state index is 0.00481. The molecule has 27 heavy (non-hydrogen) atoms. The largest absolute Gasteiger partial charge is 0.470 e. The van der Waals surface area contributed by atoms with Crippen LogP contribution >= 0.6 is 0 Å². The molecule has 12 heteroatoms. The lowest BCUT2D eigenvalue weighted by Gasteiger charge is -2.16. The predicted molar refractivity (Wildman–Crippen MR) is 88.4 cm³/mol. The highest BCUT2D eigenvalue weighted by Crippen LogP contribution is 2.28. The molecule has 0 aliphatic carbocycles. The molecule has 0 atom stereocenters. The van der Waals surface area contributed by atoms with E-state index in [1.807, 2.05) is 12.2 Å². The minimum Gasteiger partial charge on any atom is -0.399 e. The number of sulfonamides is 1. The lowest BCUT2D eigenvalue weighted by molar-refractivity contribution is -0.156. The van der Waals surface area contributed by atoms with Crippen LogP contribution in [0, 0.1) is 0 Å². The maximum atomic E-state index is 12.4. The van der Waals surface area contributed by atoms with Crippen LogP contribution in [0.15, 0.2) is 33.6 Å². The van der Waals surface area contributed by atoms with Gasteiger partial charge in [0.25, 0.3) is 5.91 Å². The van der Waals surface area contributed by atoms with Gasteiger partial charge in [-0.15, -0.1) is 5.10 Å². The smallest absolute Gasteiger partial charge is 0.399 e. The topological polar surface area (TPSA) is 105 Å². The van der Waals surface area contributed by atoms with E-state index in [2.05, 4.69) is 14.6 Å². The van der Waals surface area contributed by atoms with Crippen molar-refractivity contribution in [3.05, 3.63) is 35.7 Å². The van der Waals surface area contributed by atoms with Gasteiger partial charge in [-0.3, -0.25) is 10.1 Å². The highest BCUT2D eigenvalue weighted by molar-refractivity contribution is 7.89. The van der Waals surface area contributed by atoms with E-state index in [9.17, 15) is 26.4 Å². The fourth-order valence-electron chi connectivity index (χ4n) is 2.02. The lowest BCUT2D eigenvalue weighted by atomic mass is 10.2. The van der Waals surface area contributed by atoms with Crippen LogP contribution in [0.3, 0.4) is 0 Å². The molecule has 0 radical (unpaired) electrons. The summed E-state index contributed by atoms with van der Waals surface area (Å²) in [4.78, 5) is 12.0. The molecule has 0 aliphatic heterocycles. The van der Waals surface area contributed by atoms with Crippen molar-refractivity contribution in [1.29, 1.82) is 0 Å². The average molecular weight is 406 g/mol. The van der Waals surface area contributed by atoms with Gasteiger partial charge in [0.2, 0.25) is 10.0 Å². The van der Waals surface area contributed by atoms with Crippen LogP contribution in [-0.4, -0.2) is 42.4 Å². The number of nitrogens with one attached hydrogen (secondary N) is 1. The van der Waals surface area contributed by atoms with Crippen LogP contribution in [0.25, 0.3) is 0 Å². The quantitative estimate of drug-likeness (QED) is 0.758. The summed E-state index contributed by atoms with van der Waals surface area (Å²) in [5, 5.41) is 7.89. The Kier molecular flexibility index (Phi) is 6.21. The van der Waals surface area contributed by atoms with E-state index in [0.717, 1.165) is 6.42 Å². The first kappa shape index (κ1) is 20.8. The number of benzene rings is 1. The zero-order chi connectivity index (χ0) is 20.2. The molecule has 0 saturated heterocycles. The summed E-state index contributed by atoms with van der Waals surface area (Å²) in [7, 11) is -2.23. The van der Waals surface area contributed by atoms with Crippen molar-refractivity contribution in [3.63, 3.8) is 0 Å². The Labute approximate surface area is 153 Å². The number of aromatic nitrogens is 2. The van der Waals surface area contributed by atoms with E-state index in [1.165, 1.54) is 35.6 Å². The van der Waals surface area contributed by atoms with Crippen LogP contribution in [0.2, 0.25) is 0 Å². The van der Waals surface area contributed by atoms with Crippen molar-refractivity contribution in [2.24, 2.45) is 0 Å². The molecule has 1 amide bonds. The molecule has 0 bridgehead atoms. The Balaban J connectivity index is 2.10. The maximum absolute atomic E-state index is 12.4. The van der Waals surface area contributed by atoms with Crippen LogP contribution < -0.4 is 5.32 Å². The Hall–Kier alpha value is -2.47. The molecule has 1 aromatic heterocycles. The van der Waals surface area contributed by atoms with Crippen molar-refractivity contribution >= 4 is 21.9 Å². The number of anilines is 1. The molecule has 2 rings (SSSR count). The van der Waals surface area contributed by atoms with Gasteiger partial charge in [0, 0.05) is 19.2 Å². The number of amides is 1. The molecule has 1 aromatic carbocycles. The number of hydrogen-bond acceptors (Lipinski definition) is 6. The molecule has 0 unspecified atom stereocenters. The van der Waals surface area contributed by atoms with Crippen molar-refractivity contribution in [1.82, 2.24) is 14.5 Å². The number of nitrogens with zero attached hydrogens (tertiary/aromatic N) is 3. The fraction of sp³-hybridized carbons (Fsp3) is 0.400. The van der Waals surface area contributed by atoms with Crippen LogP contribution in [0.4, 0.5) is 19.2 Å². The lowest BCUT2D eigenvalue weighted by Crippen LogP contribution is -2.28. The number of unbranched alkanes of at least 4 members (excludes halogenated alkanes) is 1. The van der Waals surface area contributed by atoms with E-state index in [4.69, 9.17) is 0 Å². The van der Waals surface area contributed by atoms with Crippen molar-refractivity contribution in [2.75, 3.05) is 18.9 Å². The second-order valence-electron chi connectivity index (χ2n) is 5.57. The number of carbonyl (C=O) groups is 1. The standard InChI is InChI=1S/C15H17F3N4O4S/c1-3-4-9-22(2)27(24,25)11-7-5-10(6-8-11)12(23)19-14-21-20-13(26-14)15(16,17)18/h5-8H,3-4,9H2,1-2H3,(H,19,21,23). The molecule has 8 nitrogen and oxygen atoms in total. The first-order valence-electron chi connectivity index (χ1n) is 7.84. The normalized spacial score (nSPS) is 12.4. The van der Waals surface area contributed by atoms with Gasteiger partial charge in [0.05, 0.1) is 4.90 Å². The van der Waals surface area contributed by atoms with E-state index in [0.29, 0.717) is 13.0 Å². The monoisotopic (exact) mass is 406 g/mol. The summed E-state index contributed by atoms with van der Waals surface area (Å²) in [6.45, 7) is 2.30. The second kappa shape index (κ2) is 8.05. The molecule has 148 valence electrons. The van der Waals surface area contributed by atoms with E-state index in [-0.39, 0.29) is 10.5 Å². The van der Waals surface area contributed by atoms with Gasteiger partial charge in [0.15, 0.2) is 0 Å². The summed E-state index contributed by atoms with van der Waals surface area (Å²) in [5.74, 6) is -2.41. The van der Waals surface area contributed by atoms with Gasteiger partial charge in [-0.2, -0.15) is 13.2 Å². The van der Waals surface area contributed by atoms with Crippen LogP contribution in [-0.2, 0) is 16.2 Å². The molecule has 1 heterocycles. The molecule has 1 N–H and O–H groups in total. The molecular formula is C15H17F3N4O4S. The average Bonchev–Trinajstić information content (AvgIpc) is 3.08. The predicted octanol–water partition coefficient (Wildman–Crippen LogP) is 2.76. The Bertz CT molecular complexity index is 895. The van der Waals surface area contributed by atoms with Crippen molar-refractivity contribution < 1.29 is 30.8 Å². The summed E-state index contributed by atoms with van der Waals surface area (Å²) >= 11 is 0. The van der Waals surface area contributed by atoms with Crippen molar-refractivity contribution in [3.8, 4) is 0 Å². The van der Waals surface area contributed by atoms with Gasteiger partial charge in [-0.05, 0) is 30.7 Å². The highest BCUT2D eigenvalue weighted by Gasteiger charge is 2.38. The highest BCUT2D eigenvalue weighted by atomic mass is 32.2. The summed E-state index contributed by atoms with van der Waals surface area (Å²) in [5.41, 5.74) is 0.0110.